The predicted octanol–water partition coefficient (Wildman–Crippen LogP) is 0.268. The number of hydrogen-bond acceptors (Lipinski definition) is 1. The second kappa shape index (κ2) is 8.97. The minimum absolute atomic E-state index is 0.130. The first-order valence-corrected chi connectivity index (χ1v) is 9.69. The molecule has 4 nitrogen and oxygen atoms in total. The van der Waals surface area contributed by atoms with Gasteiger partial charge in [-0.15, -0.1) is 0 Å². The van der Waals surface area contributed by atoms with Crippen molar-refractivity contribution in [2.45, 2.75) is 20.3 Å². The summed E-state index contributed by atoms with van der Waals surface area (Å²) in [7, 11) is 0. The van der Waals surface area contributed by atoms with Crippen molar-refractivity contribution < 1.29 is 14.6 Å². The van der Waals surface area contributed by atoms with E-state index in [2.05, 4.69) is 35.6 Å². The van der Waals surface area contributed by atoms with Crippen molar-refractivity contribution in [2.75, 3.05) is 44.6 Å². The number of nitrogens with one attached hydrogen (secondary N) is 3. The first-order valence-electron chi connectivity index (χ1n) is 9.69. The lowest BCUT2D eigenvalue weighted by Gasteiger charge is -2.29. The summed E-state index contributed by atoms with van der Waals surface area (Å²) in [6, 6.07) is 16.8. The number of quaternary nitrogens is 2. The Morgan fingerprint density at radius 3 is 2.15 bits per heavy atom. The van der Waals surface area contributed by atoms with Crippen molar-refractivity contribution in [1.29, 1.82) is 0 Å². The Morgan fingerprint density at radius 2 is 1.50 bits per heavy atom. The summed E-state index contributed by atoms with van der Waals surface area (Å²) >= 11 is 0. The third-order valence-electron chi connectivity index (χ3n) is 5.43. The number of benzene rings is 2. The number of carbonyl (C=O) groups is 1. The van der Waals surface area contributed by atoms with Gasteiger partial charge >= 0.3 is 0 Å². The van der Waals surface area contributed by atoms with Crippen LogP contribution in [0.1, 0.15) is 16.7 Å². The van der Waals surface area contributed by atoms with Crippen molar-refractivity contribution in [3.8, 4) is 0 Å². The summed E-state index contributed by atoms with van der Waals surface area (Å²) in [5.74, 6) is 0.130. The van der Waals surface area contributed by atoms with Gasteiger partial charge in [-0.05, 0) is 30.5 Å². The van der Waals surface area contributed by atoms with E-state index >= 15 is 0 Å². The smallest absolute Gasteiger partial charge is 0.279 e. The molecule has 26 heavy (non-hydrogen) atoms. The molecule has 4 heteroatoms. The molecule has 1 aliphatic heterocycles. The maximum absolute atomic E-state index is 12.4. The van der Waals surface area contributed by atoms with Gasteiger partial charge < -0.3 is 15.1 Å². The van der Waals surface area contributed by atoms with Crippen LogP contribution < -0.4 is 15.1 Å². The van der Waals surface area contributed by atoms with Crippen LogP contribution in [0.2, 0.25) is 0 Å². The number of amides is 1. The Morgan fingerprint density at radius 1 is 0.885 bits per heavy atom. The Kier molecular flexibility index (Phi) is 6.42. The molecule has 3 rings (SSSR count). The van der Waals surface area contributed by atoms with Crippen molar-refractivity contribution in [1.82, 2.24) is 0 Å². The van der Waals surface area contributed by atoms with Crippen molar-refractivity contribution in [3.05, 3.63) is 65.2 Å². The lowest BCUT2D eigenvalue weighted by Crippen LogP contribution is -3.28. The first-order chi connectivity index (χ1) is 12.6. The van der Waals surface area contributed by atoms with E-state index < -0.39 is 0 Å². The maximum Gasteiger partial charge on any atom is 0.279 e. The topological polar surface area (TPSA) is 38.0 Å². The number of aryl methyl sites for hydroxylation is 2. The van der Waals surface area contributed by atoms with Gasteiger partial charge in [-0.3, -0.25) is 4.79 Å². The van der Waals surface area contributed by atoms with E-state index in [0.29, 0.717) is 6.54 Å². The van der Waals surface area contributed by atoms with Gasteiger partial charge in [0.2, 0.25) is 0 Å². The average Bonchev–Trinajstić information content (AvgIpc) is 2.65. The zero-order valence-corrected chi connectivity index (χ0v) is 16.0. The van der Waals surface area contributed by atoms with Crippen LogP contribution in [0, 0.1) is 13.8 Å². The number of piperazine rings is 1. The second-order valence-corrected chi connectivity index (χ2v) is 7.48. The Balaban J connectivity index is 1.41. The molecule has 2 aromatic carbocycles. The average molecular weight is 354 g/mol. The van der Waals surface area contributed by atoms with Crippen LogP contribution >= 0.6 is 0 Å². The number of carbonyl (C=O) groups excluding carboxylic acids is 1. The Hall–Kier alpha value is -2.17. The molecule has 0 saturated carbocycles. The molecule has 1 aliphatic rings. The molecule has 0 atom stereocenters. The van der Waals surface area contributed by atoms with Gasteiger partial charge in [0, 0.05) is 12.1 Å². The highest BCUT2D eigenvalue weighted by atomic mass is 16.2. The van der Waals surface area contributed by atoms with E-state index in [0.717, 1.165) is 49.4 Å². The molecule has 1 heterocycles. The van der Waals surface area contributed by atoms with Gasteiger partial charge in [-0.2, -0.15) is 0 Å². The highest BCUT2D eigenvalue weighted by Gasteiger charge is 2.24. The minimum Gasteiger partial charge on any atom is -0.325 e. The zero-order valence-electron chi connectivity index (χ0n) is 16.0. The predicted molar refractivity (Wildman–Crippen MR) is 106 cm³/mol. The van der Waals surface area contributed by atoms with E-state index in [1.807, 2.05) is 32.0 Å². The van der Waals surface area contributed by atoms with Gasteiger partial charge in [0.1, 0.15) is 26.2 Å². The van der Waals surface area contributed by atoms with E-state index in [-0.39, 0.29) is 5.91 Å². The molecule has 2 aromatic rings. The molecule has 0 spiro atoms. The Labute approximate surface area is 156 Å². The SMILES string of the molecule is Cc1cccc(C)c1NC(=O)C[NH+]1CC[NH+](CCc2ccccc2)CC1. The van der Waals surface area contributed by atoms with E-state index in [9.17, 15) is 4.79 Å². The third-order valence-corrected chi connectivity index (χ3v) is 5.43. The molecule has 138 valence electrons. The maximum atomic E-state index is 12.4. The van der Waals surface area contributed by atoms with E-state index in [4.69, 9.17) is 0 Å². The van der Waals surface area contributed by atoms with Gasteiger partial charge in [0.25, 0.3) is 5.91 Å². The summed E-state index contributed by atoms with van der Waals surface area (Å²) in [6.07, 6.45) is 1.14. The molecule has 0 aromatic heterocycles. The number of hydrogen-bond donors (Lipinski definition) is 3. The summed E-state index contributed by atoms with van der Waals surface area (Å²) < 4.78 is 0. The van der Waals surface area contributed by atoms with Crippen molar-refractivity contribution in [3.63, 3.8) is 0 Å². The van der Waals surface area contributed by atoms with Crippen LogP contribution in [-0.4, -0.2) is 45.2 Å². The van der Waals surface area contributed by atoms with Crippen LogP contribution in [-0.2, 0) is 11.2 Å². The molecular weight excluding hydrogens is 322 g/mol. The molecule has 0 radical (unpaired) electrons. The normalized spacial score (nSPS) is 19.9. The van der Waals surface area contributed by atoms with Crippen LogP contribution in [0.5, 0.6) is 0 Å². The highest BCUT2D eigenvalue weighted by Crippen LogP contribution is 2.18. The largest absolute Gasteiger partial charge is 0.325 e. The lowest BCUT2D eigenvalue weighted by molar-refractivity contribution is -1.01. The molecule has 0 unspecified atom stereocenters. The van der Waals surface area contributed by atoms with Crippen molar-refractivity contribution in [2.24, 2.45) is 0 Å². The summed E-state index contributed by atoms with van der Waals surface area (Å²) in [5.41, 5.74) is 4.65. The standard InChI is InChI=1S/C22H29N3O/c1-18-7-6-8-19(2)22(18)23-21(26)17-25-15-13-24(14-16-25)12-11-20-9-4-3-5-10-20/h3-10H,11-17H2,1-2H3,(H,23,26)/p+2. The third kappa shape index (κ3) is 5.16. The van der Waals surface area contributed by atoms with Gasteiger partial charge in [-0.1, -0.05) is 48.5 Å². The van der Waals surface area contributed by atoms with Crippen molar-refractivity contribution >= 4 is 11.6 Å². The molecular formula is C22H31N3O+2. The van der Waals surface area contributed by atoms with Gasteiger partial charge in [0.05, 0.1) is 6.54 Å². The zero-order chi connectivity index (χ0) is 18.4. The minimum atomic E-state index is 0.130. The fourth-order valence-corrected chi connectivity index (χ4v) is 3.77. The molecule has 1 amide bonds. The van der Waals surface area contributed by atoms with Crippen LogP contribution in [0.4, 0.5) is 5.69 Å². The van der Waals surface area contributed by atoms with Crippen LogP contribution in [0.15, 0.2) is 48.5 Å². The summed E-state index contributed by atoms with van der Waals surface area (Å²) in [4.78, 5) is 15.5. The lowest BCUT2D eigenvalue weighted by atomic mass is 10.1. The molecule has 1 saturated heterocycles. The van der Waals surface area contributed by atoms with Crippen LogP contribution in [0.25, 0.3) is 0 Å². The van der Waals surface area contributed by atoms with E-state index in [1.165, 1.54) is 17.0 Å². The van der Waals surface area contributed by atoms with Gasteiger partial charge in [-0.25, -0.2) is 0 Å². The highest BCUT2D eigenvalue weighted by molar-refractivity contribution is 5.93. The summed E-state index contributed by atoms with van der Waals surface area (Å²) in [5, 5.41) is 3.12. The Bertz CT molecular complexity index is 701. The molecule has 3 N–H and O–H groups in total. The number of anilines is 1. The summed E-state index contributed by atoms with van der Waals surface area (Å²) in [6.45, 7) is 10.3. The quantitative estimate of drug-likeness (QED) is 0.685. The van der Waals surface area contributed by atoms with Gasteiger partial charge in [0.15, 0.2) is 6.54 Å². The monoisotopic (exact) mass is 353 g/mol. The molecule has 1 fully saturated rings. The molecule has 0 bridgehead atoms. The van der Waals surface area contributed by atoms with E-state index in [1.54, 1.807) is 4.90 Å². The van der Waals surface area contributed by atoms with Crippen LogP contribution in [0.3, 0.4) is 0 Å². The first kappa shape index (κ1) is 18.6. The number of rotatable bonds is 6. The number of para-hydroxylation sites is 1. The fraction of sp³-hybridized carbons (Fsp3) is 0.409. The second-order valence-electron chi connectivity index (χ2n) is 7.48. The fourth-order valence-electron chi connectivity index (χ4n) is 3.77. The molecule has 0 aliphatic carbocycles.